The molecule has 7 nitrogen and oxygen atoms in total. The standard InChI is InChI=1S/C15H20N2O5S/c1-10(11-6-7-11)17-14(18)9-22-15(19)12-4-3-5-13(8-12)23(20,21)16-2/h3-5,8,10-11,16H,6-7,9H2,1-2H3,(H,17,18)/t10-/m0/s1. The van der Waals surface area contributed by atoms with E-state index in [0.717, 1.165) is 12.8 Å². The lowest BCUT2D eigenvalue weighted by molar-refractivity contribution is -0.124. The minimum Gasteiger partial charge on any atom is -0.452 e. The minimum absolute atomic E-state index is 0.0405. The second-order valence-electron chi connectivity index (χ2n) is 5.51. The van der Waals surface area contributed by atoms with Gasteiger partial charge in [-0.15, -0.1) is 0 Å². The van der Waals surface area contributed by atoms with Crippen molar-refractivity contribution in [3.05, 3.63) is 29.8 Å². The zero-order chi connectivity index (χ0) is 17.0. The zero-order valence-electron chi connectivity index (χ0n) is 13.0. The highest BCUT2D eigenvalue weighted by Crippen LogP contribution is 2.32. The maximum Gasteiger partial charge on any atom is 0.338 e. The third-order valence-corrected chi connectivity index (χ3v) is 5.11. The Bertz CT molecular complexity index is 698. The second kappa shape index (κ2) is 7.10. The summed E-state index contributed by atoms with van der Waals surface area (Å²) in [6, 6.07) is 5.52. The highest BCUT2D eigenvalue weighted by molar-refractivity contribution is 7.89. The van der Waals surface area contributed by atoms with Crippen LogP contribution in [0.2, 0.25) is 0 Å². The lowest BCUT2D eigenvalue weighted by Gasteiger charge is -2.12. The van der Waals surface area contributed by atoms with Gasteiger partial charge in [-0.1, -0.05) is 6.07 Å². The van der Waals surface area contributed by atoms with Gasteiger partial charge in [-0.25, -0.2) is 17.9 Å². The first-order valence-electron chi connectivity index (χ1n) is 7.33. The van der Waals surface area contributed by atoms with E-state index in [0.29, 0.717) is 5.92 Å². The maximum absolute atomic E-state index is 11.9. The van der Waals surface area contributed by atoms with Crippen molar-refractivity contribution >= 4 is 21.9 Å². The fourth-order valence-electron chi connectivity index (χ4n) is 2.13. The van der Waals surface area contributed by atoms with E-state index < -0.39 is 16.0 Å². The quantitative estimate of drug-likeness (QED) is 0.710. The van der Waals surface area contributed by atoms with E-state index in [1.807, 2.05) is 6.92 Å². The van der Waals surface area contributed by atoms with Gasteiger partial charge in [0.2, 0.25) is 10.0 Å². The van der Waals surface area contributed by atoms with Crippen LogP contribution < -0.4 is 10.0 Å². The highest BCUT2D eigenvalue weighted by atomic mass is 32.2. The summed E-state index contributed by atoms with van der Waals surface area (Å²) in [7, 11) is -2.36. The van der Waals surface area contributed by atoms with Gasteiger partial charge in [0.15, 0.2) is 6.61 Å². The molecular weight excluding hydrogens is 320 g/mol. The molecule has 0 bridgehead atoms. The second-order valence-corrected chi connectivity index (χ2v) is 7.39. The third kappa shape index (κ3) is 4.77. The van der Waals surface area contributed by atoms with E-state index in [4.69, 9.17) is 4.74 Å². The molecule has 126 valence electrons. The van der Waals surface area contributed by atoms with Gasteiger partial charge in [0.1, 0.15) is 0 Å². The number of rotatable bonds is 7. The zero-order valence-corrected chi connectivity index (χ0v) is 13.9. The van der Waals surface area contributed by atoms with E-state index in [2.05, 4.69) is 10.0 Å². The van der Waals surface area contributed by atoms with Crippen LogP contribution in [0.5, 0.6) is 0 Å². The Balaban J connectivity index is 1.93. The molecular formula is C15H20N2O5S. The van der Waals surface area contributed by atoms with Gasteiger partial charge in [0, 0.05) is 6.04 Å². The number of hydrogen-bond donors (Lipinski definition) is 2. The number of esters is 1. The van der Waals surface area contributed by atoms with Crippen LogP contribution in [0.25, 0.3) is 0 Å². The van der Waals surface area contributed by atoms with Crippen LogP contribution >= 0.6 is 0 Å². The van der Waals surface area contributed by atoms with Crippen molar-refractivity contribution in [2.45, 2.75) is 30.7 Å². The first-order valence-corrected chi connectivity index (χ1v) is 8.82. The van der Waals surface area contributed by atoms with Gasteiger partial charge in [0.25, 0.3) is 5.91 Å². The van der Waals surface area contributed by atoms with Crippen molar-refractivity contribution in [2.24, 2.45) is 5.92 Å². The molecule has 1 amide bonds. The molecule has 0 heterocycles. The van der Waals surface area contributed by atoms with Crippen molar-refractivity contribution in [3.8, 4) is 0 Å². The van der Waals surface area contributed by atoms with E-state index in [1.54, 1.807) is 0 Å². The molecule has 0 radical (unpaired) electrons. The van der Waals surface area contributed by atoms with Gasteiger partial charge in [0.05, 0.1) is 10.5 Å². The van der Waals surface area contributed by atoms with E-state index in [-0.39, 0.29) is 29.0 Å². The van der Waals surface area contributed by atoms with Crippen LogP contribution in [-0.4, -0.2) is 40.0 Å². The number of amides is 1. The topological polar surface area (TPSA) is 102 Å². The van der Waals surface area contributed by atoms with Crippen molar-refractivity contribution in [1.29, 1.82) is 0 Å². The number of benzene rings is 1. The third-order valence-electron chi connectivity index (χ3n) is 3.70. The highest BCUT2D eigenvalue weighted by Gasteiger charge is 2.29. The summed E-state index contributed by atoms with van der Waals surface area (Å²) in [4.78, 5) is 23.6. The molecule has 1 fully saturated rings. The molecule has 8 heteroatoms. The Labute approximate surface area is 135 Å². The lowest BCUT2D eigenvalue weighted by Crippen LogP contribution is -2.37. The van der Waals surface area contributed by atoms with Crippen molar-refractivity contribution in [1.82, 2.24) is 10.0 Å². The Hall–Kier alpha value is -1.93. The average molecular weight is 340 g/mol. The Morgan fingerprint density at radius 3 is 2.65 bits per heavy atom. The summed E-state index contributed by atoms with van der Waals surface area (Å²) in [5.74, 6) is -0.595. The fourth-order valence-corrected chi connectivity index (χ4v) is 2.91. The first kappa shape index (κ1) is 17.4. The van der Waals surface area contributed by atoms with Crippen molar-refractivity contribution in [3.63, 3.8) is 0 Å². The Morgan fingerprint density at radius 1 is 1.35 bits per heavy atom. The van der Waals surface area contributed by atoms with Gasteiger partial charge >= 0.3 is 5.97 Å². The van der Waals surface area contributed by atoms with Gasteiger partial charge in [-0.2, -0.15) is 0 Å². The van der Waals surface area contributed by atoms with Crippen LogP contribution in [-0.2, 0) is 19.6 Å². The SMILES string of the molecule is CNS(=O)(=O)c1cccc(C(=O)OCC(=O)N[C@@H](C)C2CC2)c1. The Morgan fingerprint density at radius 2 is 2.04 bits per heavy atom. The number of ether oxygens (including phenoxy) is 1. The minimum atomic E-state index is -3.64. The van der Waals surface area contributed by atoms with Crippen LogP contribution in [0, 0.1) is 5.92 Å². The van der Waals surface area contributed by atoms with Crippen LogP contribution in [0.3, 0.4) is 0 Å². The predicted molar refractivity (Wildman–Crippen MR) is 83.3 cm³/mol. The molecule has 1 aliphatic rings. The predicted octanol–water partition coefficient (Wildman–Crippen LogP) is 0.666. The molecule has 0 saturated heterocycles. The van der Waals surface area contributed by atoms with Crippen LogP contribution in [0.15, 0.2) is 29.2 Å². The van der Waals surface area contributed by atoms with Crippen LogP contribution in [0.1, 0.15) is 30.1 Å². The molecule has 0 spiro atoms. The summed E-state index contributed by atoms with van der Waals surface area (Å²) in [5.41, 5.74) is 0.0735. The molecule has 1 atom stereocenters. The molecule has 23 heavy (non-hydrogen) atoms. The summed E-state index contributed by atoms with van der Waals surface area (Å²) < 4.78 is 30.5. The number of carbonyl (C=O) groups is 2. The summed E-state index contributed by atoms with van der Waals surface area (Å²) in [5, 5.41) is 2.77. The molecule has 0 unspecified atom stereocenters. The number of nitrogens with one attached hydrogen (secondary N) is 2. The van der Waals surface area contributed by atoms with E-state index >= 15 is 0 Å². The molecule has 2 rings (SSSR count). The van der Waals surface area contributed by atoms with Gasteiger partial charge < -0.3 is 10.1 Å². The molecule has 2 N–H and O–H groups in total. The van der Waals surface area contributed by atoms with Gasteiger partial charge in [-0.05, 0) is 50.9 Å². The van der Waals surface area contributed by atoms with Gasteiger partial charge in [-0.3, -0.25) is 4.79 Å². The fraction of sp³-hybridized carbons (Fsp3) is 0.467. The monoisotopic (exact) mass is 340 g/mol. The molecule has 1 aromatic carbocycles. The number of hydrogen-bond acceptors (Lipinski definition) is 5. The van der Waals surface area contributed by atoms with Crippen molar-refractivity contribution in [2.75, 3.05) is 13.7 Å². The maximum atomic E-state index is 11.9. The summed E-state index contributed by atoms with van der Waals surface area (Å²) >= 11 is 0. The smallest absolute Gasteiger partial charge is 0.338 e. The number of carbonyl (C=O) groups excluding carboxylic acids is 2. The molecule has 1 aliphatic carbocycles. The molecule has 0 aromatic heterocycles. The van der Waals surface area contributed by atoms with E-state index in [1.165, 1.54) is 31.3 Å². The van der Waals surface area contributed by atoms with E-state index in [9.17, 15) is 18.0 Å². The lowest BCUT2D eigenvalue weighted by atomic mass is 10.2. The average Bonchev–Trinajstić information content (AvgIpc) is 3.37. The molecule has 0 aliphatic heterocycles. The Kier molecular flexibility index (Phi) is 5.38. The summed E-state index contributed by atoms with van der Waals surface area (Å²) in [6.45, 7) is 1.53. The van der Waals surface area contributed by atoms with Crippen molar-refractivity contribution < 1.29 is 22.7 Å². The summed E-state index contributed by atoms with van der Waals surface area (Å²) in [6.07, 6.45) is 2.21. The molecule has 1 saturated carbocycles. The van der Waals surface area contributed by atoms with Crippen LogP contribution in [0.4, 0.5) is 0 Å². The largest absolute Gasteiger partial charge is 0.452 e. The first-order chi connectivity index (χ1) is 10.8. The normalized spacial score (nSPS) is 15.7. The number of sulfonamides is 1. The molecule has 1 aromatic rings.